The van der Waals surface area contributed by atoms with Crippen molar-refractivity contribution < 1.29 is 9.53 Å². The minimum Gasteiger partial charge on any atom is -0.491 e. The van der Waals surface area contributed by atoms with Crippen molar-refractivity contribution in [1.29, 1.82) is 0 Å². The Balaban J connectivity index is 2.70. The summed E-state index contributed by atoms with van der Waals surface area (Å²) in [4.78, 5) is 13.3. The fourth-order valence-electron chi connectivity index (χ4n) is 1.43. The first-order valence-corrected chi connectivity index (χ1v) is 6.32. The normalized spacial score (nSPS) is 10.4. The van der Waals surface area contributed by atoms with Gasteiger partial charge in [-0.15, -0.1) is 0 Å². The minimum atomic E-state index is 0.0672. The monoisotopic (exact) mass is 253 g/mol. The molecule has 0 fully saturated rings. The zero-order valence-corrected chi connectivity index (χ0v) is 11.4. The maximum atomic E-state index is 11.7. The number of hydrogen-bond acceptors (Lipinski definition) is 3. The molecule has 3 nitrogen and oxygen atoms in total. The molecule has 0 bridgehead atoms. The van der Waals surface area contributed by atoms with Gasteiger partial charge in [0.2, 0.25) is 5.91 Å². The highest BCUT2D eigenvalue weighted by Gasteiger charge is 2.09. The van der Waals surface area contributed by atoms with Gasteiger partial charge in [-0.05, 0) is 43.9 Å². The quantitative estimate of drug-likeness (QED) is 0.818. The first kappa shape index (κ1) is 13.9. The van der Waals surface area contributed by atoms with Gasteiger partial charge in [0.25, 0.3) is 0 Å². The number of ether oxygens (including phenoxy) is 1. The topological polar surface area (TPSA) is 29.5 Å². The first-order valence-electron chi connectivity index (χ1n) is 5.68. The SMILES string of the molecule is CC(C)Oc1ccc(N(C)C(=O)CCS)cc1. The van der Waals surface area contributed by atoms with Gasteiger partial charge >= 0.3 is 0 Å². The summed E-state index contributed by atoms with van der Waals surface area (Å²) in [7, 11) is 1.77. The summed E-state index contributed by atoms with van der Waals surface area (Å²) in [6.45, 7) is 3.96. The van der Waals surface area contributed by atoms with Crippen LogP contribution in [-0.4, -0.2) is 24.8 Å². The molecule has 0 N–H and O–H groups in total. The van der Waals surface area contributed by atoms with Gasteiger partial charge in [-0.25, -0.2) is 0 Å². The Bertz CT molecular complexity index is 362. The zero-order chi connectivity index (χ0) is 12.8. The van der Waals surface area contributed by atoms with Crippen molar-refractivity contribution in [2.75, 3.05) is 17.7 Å². The van der Waals surface area contributed by atoms with E-state index in [1.54, 1.807) is 11.9 Å². The highest BCUT2D eigenvalue weighted by Crippen LogP contribution is 2.19. The molecule has 1 aromatic carbocycles. The third-order valence-corrected chi connectivity index (χ3v) is 2.52. The van der Waals surface area contributed by atoms with Gasteiger partial charge in [-0.1, -0.05) is 0 Å². The minimum absolute atomic E-state index is 0.0672. The maximum Gasteiger partial charge on any atom is 0.227 e. The summed E-state index contributed by atoms with van der Waals surface area (Å²) >= 11 is 4.05. The van der Waals surface area contributed by atoms with Crippen molar-refractivity contribution in [3.8, 4) is 5.75 Å². The number of rotatable bonds is 5. The van der Waals surface area contributed by atoms with Crippen LogP contribution < -0.4 is 9.64 Å². The Morgan fingerprint density at radius 2 is 1.94 bits per heavy atom. The van der Waals surface area contributed by atoms with Gasteiger partial charge in [-0.2, -0.15) is 12.6 Å². The van der Waals surface area contributed by atoms with Gasteiger partial charge in [0.05, 0.1) is 6.10 Å². The molecule has 1 aromatic rings. The van der Waals surface area contributed by atoms with Crippen molar-refractivity contribution >= 4 is 24.2 Å². The molecule has 4 heteroatoms. The average Bonchev–Trinajstić information content (AvgIpc) is 2.28. The van der Waals surface area contributed by atoms with Gasteiger partial charge in [0, 0.05) is 19.2 Å². The van der Waals surface area contributed by atoms with Crippen molar-refractivity contribution in [2.24, 2.45) is 0 Å². The summed E-state index contributed by atoms with van der Waals surface area (Å²) in [6, 6.07) is 7.52. The Morgan fingerprint density at radius 3 is 2.41 bits per heavy atom. The average molecular weight is 253 g/mol. The standard InChI is InChI=1S/C13H19NO2S/c1-10(2)16-12-6-4-11(5-7-12)14(3)13(15)8-9-17/h4-7,10,17H,8-9H2,1-3H3. The van der Waals surface area contributed by atoms with Crippen LogP contribution in [0.4, 0.5) is 5.69 Å². The number of carbonyl (C=O) groups is 1. The molecule has 0 aliphatic carbocycles. The van der Waals surface area contributed by atoms with Gasteiger partial charge < -0.3 is 9.64 Å². The van der Waals surface area contributed by atoms with Crippen molar-refractivity contribution in [1.82, 2.24) is 0 Å². The highest BCUT2D eigenvalue weighted by molar-refractivity contribution is 7.80. The van der Waals surface area contributed by atoms with E-state index in [-0.39, 0.29) is 12.0 Å². The summed E-state index contributed by atoms with van der Waals surface area (Å²) in [5.41, 5.74) is 0.868. The number of amides is 1. The van der Waals surface area contributed by atoms with Crippen LogP contribution in [0.5, 0.6) is 5.75 Å². The second-order valence-corrected chi connectivity index (χ2v) is 4.53. The van der Waals surface area contributed by atoms with E-state index in [1.165, 1.54) is 0 Å². The molecule has 1 amide bonds. The van der Waals surface area contributed by atoms with Gasteiger partial charge in [-0.3, -0.25) is 4.79 Å². The Morgan fingerprint density at radius 1 is 1.35 bits per heavy atom. The van der Waals surface area contributed by atoms with E-state index >= 15 is 0 Å². The van der Waals surface area contributed by atoms with Crippen molar-refractivity contribution in [3.63, 3.8) is 0 Å². The van der Waals surface area contributed by atoms with Crippen molar-refractivity contribution in [3.05, 3.63) is 24.3 Å². The molecule has 0 atom stereocenters. The van der Waals surface area contributed by atoms with Crippen LogP contribution in [0, 0.1) is 0 Å². The predicted octanol–water partition coefficient (Wildman–Crippen LogP) is 2.76. The third kappa shape index (κ3) is 4.30. The second kappa shape index (κ2) is 6.55. The largest absolute Gasteiger partial charge is 0.491 e. The fraction of sp³-hybridized carbons (Fsp3) is 0.462. The zero-order valence-electron chi connectivity index (χ0n) is 10.5. The molecule has 0 aromatic heterocycles. The summed E-state index contributed by atoms with van der Waals surface area (Å²) in [5.74, 6) is 1.45. The summed E-state index contributed by atoms with van der Waals surface area (Å²) < 4.78 is 5.54. The van der Waals surface area contributed by atoms with E-state index in [9.17, 15) is 4.79 Å². The molecule has 0 saturated carbocycles. The van der Waals surface area contributed by atoms with Crippen LogP contribution >= 0.6 is 12.6 Å². The van der Waals surface area contributed by atoms with Crippen LogP contribution in [0.15, 0.2) is 24.3 Å². The van der Waals surface area contributed by atoms with E-state index in [0.717, 1.165) is 11.4 Å². The maximum absolute atomic E-state index is 11.7. The number of carbonyl (C=O) groups excluding carboxylic acids is 1. The predicted molar refractivity (Wildman–Crippen MR) is 74.1 cm³/mol. The number of nitrogens with zero attached hydrogens (tertiary/aromatic N) is 1. The van der Waals surface area contributed by atoms with Gasteiger partial charge in [0.1, 0.15) is 5.75 Å². The van der Waals surface area contributed by atoms with E-state index in [2.05, 4.69) is 12.6 Å². The van der Waals surface area contributed by atoms with Crippen LogP contribution in [0.3, 0.4) is 0 Å². The molecule has 0 unspecified atom stereocenters. The van der Waals surface area contributed by atoms with E-state index in [0.29, 0.717) is 12.2 Å². The Hall–Kier alpha value is -1.16. The van der Waals surface area contributed by atoms with Crippen LogP contribution in [0.1, 0.15) is 20.3 Å². The number of hydrogen-bond donors (Lipinski definition) is 1. The number of thiol groups is 1. The van der Waals surface area contributed by atoms with Gasteiger partial charge in [0.15, 0.2) is 0 Å². The lowest BCUT2D eigenvalue weighted by Crippen LogP contribution is -2.26. The fourth-order valence-corrected chi connectivity index (χ4v) is 1.62. The van der Waals surface area contributed by atoms with E-state index in [4.69, 9.17) is 4.74 Å². The lowest BCUT2D eigenvalue weighted by atomic mass is 10.2. The number of benzene rings is 1. The molecule has 0 saturated heterocycles. The highest BCUT2D eigenvalue weighted by atomic mass is 32.1. The van der Waals surface area contributed by atoms with Crippen molar-refractivity contribution in [2.45, 2.75) is 26.4 Å². The van der Waals surface area contributed by atoms with Crippen LogP contribution in [0.2, 0.25) is 0 Å². The van der Waals surface area contributed by atoms with Crippen LogP contribution in [0.25, 0.3) is 0 Å². The molecule has 0 spiro atoms. The number of anilines is 1. The Kier molecular flexibility index (Phi) is 5.35. The molecule has 94 valence electrons. The lowest BCUT2D eigenvalue weighted by Gasteiger charge is -2.17. The first-order chi connectivity index (χ1) is 8.04. The summed E-state index contributed by atoms with van der Waals surface area (Å²) in [5, 5.41) is 0. The molecule has 17 heavy (non-hydrogen) atoms. The van der Waals surface area contributed by atoms with E-state index in [1.807, 2.05) is 38.1 Å². The smallest absolute Gasteiger partial charge is 0.227 e. The third-order valence-electron chi connectivity index (χ3n) is 2.30. The molecular weight excluding hydrogens is 234 g/mol. The molecule has 0 aliphatic heterocycles. The second-order valence-electron chi connectivity index (χ2n) is 4.09. The molecule has 0 aliphatic rings. The molecule has 0 radical (unpaired) electrons. The van der Waals surface area contributed by atoms with E-state index < -0.39 is 0 Å². The molecule has 0 heterocycles. The summed E-state index contributed by atoms with van der Waals surface area (Å²) in [6.07, 6.45) is 0.605. The lowest BCUT2D eigenvalue weighted by molar-refractivity contribution is -0.117. The van der Waals surface area contributed by atoms with Crippen LogP contribution in [-0.2, 0) is 4.79 Å². The molecule has 1 rings (SSSR count). The molecular formula is C13H19NO2S. The Labute approximate surface area is 108 Å².